The summed E-state index contributed by atoms with van der Waals surface area (Å²) in [5.41, 5.74) is 1.38. The summed E-state index contributed by atoms with van der Waals surface area (Å²) in [4.78, 5) is 16.4. The molecule has 1 aliphatic rings. The smallest absolute Gasteiger partial charge is 0.340 e. The highest BCUT2D eigenvalue weighted by atomic mass is 35.5. The minimum absolute atomic E-state index is 0.339. The maximum atomic E-state index is 12.1. The van der Waals surface area contributed by atoms with Crippen molar-refractivity contribution in [1.29, 1.82) is 0 Å². The Bertz CT molecular complexity index is 706. The molecule has 1 aromatic carbocycles. The van der Waals surface area contributed by atoms with Crippen LogP contribution in [0.2, 0.25) is 5.02 Å². The molecule has 1 aromatic heterocycles. The van der Waals surface area contributed by atoms with Gasteiger partial charge in [0.05, 0.1) is 24.2 Å². The highest BCUT2D eigenvalue weighted by molar-refractivity contribution is 6.31. The second kappa shape index (κ2) is 5.17. The van der Waals surface area contributed by atoms with E-state index < -0.39 is 0 Å². The maximum Gasteiger partial charge on any atom is 0.340 e. The van der Waals surface area contributed by atoms with Crippen LogP contribution in [-0.4, -0.2) is 36.2 Å². The first kappa shape index (κ1) is 13.0. The number of hydrogen-bond donors (Lipinski definition) is 1. The van der Waals surface area contributed by atoms with Crippen LogP contribution in [0.4, 0.5) is 0 Å². The van der Waals surface area contributed by atoms with Crippen molar-refractivity contribution in [2.45, 2.75) is 6.92 Å². The largest absolute Gasteiger partial charge is 0.462 e. The number of carbonyl (C=O) groups is 1. The summed E-state index contributed by atoms with van der Waals surface area (Å²) in [5, 5.41) is 4.55. The molecule has 0 saturated heterocycles. The quantitative estimate of drug-likeness (QED) is 0.864. The van der Waals surface area contributed by atoms with E-state index in [9.17, 15) is 4.79 Å². The van der Waals surface area contributed by atoms with Crippen LogP contribution >= 0.6 is 11.6 Å². The summed E-state index contributed by atoms with van der Waals surface area (Å²) in [6.45, 7) is 3.66. The summed E-state index contributed by atoms with van der Waals surface area (Å²) in [6.07, 6.45) is 1.75. The van der Waals surface area contributed by atoms with Crippen molar-refractivity contribution in [2.24, 2.45) is 4.99 Å². The minimum Gasteiger partial charge on any atom is -0.462 e. The first-order valence-electron chi connectivity index (χ1n) is 6.47. The van der Waals surface area contributed by atoms with E-state index >= 15 is 0 Å². The number of carbonyl (C=O) groups excluding carboxylic acids is 1. The van der Waals surface area contributed by atoms with Crippen LogP contribution in [0.5, 0.6) is 0 Å². The fraction of sp³-hybridized carbons (Fsp3) is 0.286. The van der Waals surface area contributed by atoms with Gasteiger partial charge >= 0.3 is 5.97 Å². The summed E-state index contributed by atoms with van der Waals surface area (Å²) in [5.74, 6) is 0.394. The van der Waals surface area contributed by atoms with E-state index in [1.807, 2.05) is 10.6 Å². The highest BCUT2D eigenvalue weighted by Crippen LogP contribution is 2.25. The van der Waals surface area contributed by atoms with Gasteiger partial charge in [-0.3, -0.25) is 9.56 Å². The lowest BCUT2D eigenvalue weighted by atomic mass is 10.2. The number of nitrogens with zero attached hydrogens (tertiary/aromatic N) is 2. The molecule has 1 N–H and O–H groups in total. The number of rotatable bonds is 2. The van der Waals surface area contributed by atoms with Gasteiger partial charge in [0.25, 0.3) is 0 Å². The number of hydrogen-bond acceptors (Lipinski definition) is 4. The van der Waals surface area contributed by atoms with Gasteiger partial charge in [0.15, 0.2) is 0 Å². The summed E-state index contributed by atoms with van der Waals surface area (Å²) in [6, 6.07) is 5.45. The third-order valence-electron chi connectivity index (χ3n) is 3.15. The lowest BCUT2D eigenvalue weighted by Crippen LogP contribution is -2.25. The standard InChI is InChI=1S/C14H14ClN3O2/c1-2-20-13(19)11-8-18(14-16-5-6-17-14)12-4-3-9(15)7-10(11)12/h3-4,7-8H,2,5-6H2,1H3,(H,16,17). The van der Waals surface area contributed by atoms with Gasteiger partial charge in [0, 0.05) is 23.2 Å². The predicted octanol–water partition coefficient (Wildman–Crippen LogP) is 2.28. The Morgan fingerprint density at radius 3 is 3.10 bits per heavy atom. The fourth-order valence-electron chi connectivity index (χ4n) is 2.30. The van der Waals surface area contributed by atoms with E-state index in [1.165, 1.54) is 0 Å². The molecule has 0 atom stereocenters. The van der Waals surface area contributed by atoms with E-state index in [2.05, 4.69) is 10.3 Å². The second-order valence-corrected chi connectivity index (χ2v) is 4.86. The average molecular weight is 292 g/mol. The van der Waals surface area contributed by atoms with E-state index in [1.54, 1.807) is 25.3 Å². The Hall–Kier alpha value is -2.01. The molecule has 0 amide bonds. The van der Waals surface area contributed by atoms with Crippen molar-refractivity contribution < 1.29 is 9.53 Å². The third kappa shape index (κ3) is 2.14. The number of halogens is 1. The number of aromatic nitrogens is 1. The van der Waals surface area contributed by atoms with E-state index in [0.717, 1.165) is 30.0 Å². The van der Waals surface area contributed by atoms with Crippen LogP contribution < -0.4 is 5.32 Å². The predicted molar refractivity (Wildman–Crippen MR) is 78.6 cm³/mol. The number of fused-ring (bicyclic) bond motifs is 1. The van der Waals surface area contributed by atoms with Gasteiger partial charge < -0.3 is 10.1 Å². The molecular formula is C14H14ClN3O2. The molecule has 20 heavy (non-hydrogen) atoms. The Kier molecular flexibility index (Phi) is 3.36. The Morgan fingerprint density at radius 1 is 1.55 bits per heavy atom. The molecule has 1 aliphatic heterocycles. The monoisotopic (exact) mass is 291 g/mol. The summed E-state index contributed by atoms with van der Waals surface area (Å²) in [7, 11) is 0. The summed E-state index contributed by atoms with van der Waals surface area (Å²) < 4.78 is 6.96. The topological polar surface area (TPSA) is 55.6 Å². The second-order valence-electron chi connectivity index (χ2n) is 4.43. The van der Waals surface area contributed by atoms with Gasteiger partial charge in [-0.2, -0.15) is 0 Å². The molecule has 6 heteroatoms. The van der Waals surface area contributed by atoms with Gasteiger partial charge in [0.2, 0.25) is 5.96 Å². The Labute approximate surface area is 121 Å². The fourth-order valence-corrected chi connectivity index (χ4v) is 2.47. The van der Waals surface area contributed by atoms with Crippen LogP contribution in [0.15, 0.2) is 29.4 Å². The van der Waals surface area contributed by atoms with Crippen LogP contribution in [0, 0.1) is 0 Å². The molecule has 0 unspecified atom stereocenters. The zero-order valence-electron chi connectivity index (χ0n) is 11.0. The Morgan fingerprint density at radius 2 is 2.40 bits per heavy atom. The molecule has 0 bridgehead atoms. The molecule has 2 heterocycles. The van der Waals surface area contributed by atoms with Crippen LogP contribution in [0.25, 0.3) is 10.9 Å². The molecule has 0 saturated carbocycles. The molecule has 0 radical (unpaired) electrons. The van der Waals surface area contributed by atoms with Crippen molar-refractivity contribution in [3.8, 4) is 0 Å². The molecule has 0 aliphatic carbocycles. The lowest BCUT2D eigenvalue weighted by Gasteiger charge is -2.04. The Balaban J connectivity index is 2.19. The van der Waals surface area contributed by atoms with Crippen molar-refractivity contribution in [2.75, 3.05) is 19.7 Å². The van der Waals surface area contributed by atoms with Gasteiger partial charge in [0.1, 0.15) is 0 Å². The zero-order chi connectivity index (χ0) is 14.1. The van der Waals surface area contributed by atoms with Crippen molar-refractivity contribution in [1.82, 2.24) is 9.88 Å². The zero-order valence-corrected chi connectivity index (χ0v) is 11.8. The molecule has 0 spiro atoms. The lowest BCUT2D eigenvalue weighted by molar-refractivity contribution is 0.0528. The number of benzene rings is 1. The van der Waals surface area contributed by atoms with Gasteiger partial charge in [-0.25, -0.2) is 4.79 Å². The number of aliphatic imine (C=N–C) groups is 1. The maximum absolute atomic E-state index is 12.1. The van der Waals surface area contributed by atoms with Crippen molar-refractivity contribution in [3.63, 3.8) is 0 Å². The van der Waals surface area contributed by atoms with Crippen molar-refractivity contribution in [3.05, 3.63) is 35.0 Å². The van der Waals surface area contributed by atoms with E-state index in [-0.39, 0.29) is 5.97 Å². The molecule has 0 fully saturated rings. The number of esters is 1. The first-order valence-corrected chi connectivity index (χ1v) is 6.85. The number of ether oxygens (including phenoxy) is 1. The van der Waals surface area contributed by atoms with Crippen LogP contribution in [-0.2, 0) is 4.74 Å². The molecule has 3 rings (SSSR count). The van der Waals surface area contributed by atoms with Gasteiger partial charge in [-0.15, -0.1) is 0 Å². The van der Waals surface area contributed by atoms with Crippen molar-refractivity contribution >= 4 is 34.4 Å². The molecule has 5 nitrogen and oxygen atoms in total. The number of nitrogens with one attached hydrogen (secondary N) is 1. The van der Waals surface area contributed by atoms with E-state index in [4.69, 9.17) is 16.3 Å². The molecule has 104 valence electrons. The van der Waals surface area contributed by atoms with Gasteiger partial charge in [-0.05, 0) is 25.1 Å². The van der Waals surface area contributed by atoms with Crippen LogP contribution in [0.3, 0.4) is 0 Å². The molecular weight excluding hydrogens is 278 g/mol. The minimum atomic E-state index is -0.350. The van der Waals surface area contributed by atoms with Gasteiger partial charge in [-0.1, -0.05) is 11.6 Å². The first-order chi connectivity index (χ1) is 9.70. The molecule has 2 aromatic rings. The van der Waals surface area contributed by atoms with Crippen LogP contribution in [0.1, 0.15) is 17.3 Å². The van der Waals surface area contributed by atoms with E-state index in [0.29, 0.717) is 17.2 Å². The normalized spacial score (nSPS) is 14.2. The SMILES string of the molecule is CCOC(=O)c1cn(C2=NCCN2)c2ccc(Cl)cc12. The summed E-state index contributed by atoms with van der Waals surface area (Å²) >= 11 is 6.03. The average Bonchev–Trinajstić information content (AvgIpc) is 3.04. The highest BCUT2D eigenvalue weighted by Gasteiger charge is 2.19. The third-order valence-corrected chi connectivity index (χ3v) is 3.38.